The molecule has 1 fully saturated rings. The van der Waals surface area contributed by atoms with Gasteiger partial charge in [-0.2, -0.15) is 0 Å². The molecule has 1 saturated carbocycles. The van der Waals surface area contributed by atoms with Crippen LogP contribution >= 0.6 is 26.6 Å². The van der Waals surface area contributed by atoms with Crippen LogP contribution in [0, 0.1) is 12.3 Å². The fourth-order valence-corrected chi connectivity index (χ4v) is 4.32. The molecule has 1 aromatic carbocycles. The lowest BCUT2D eigenvalue weighted by Gasteiger charge is -2.38. The first-order valence-corrected chi connectivity index (χ1v) is 9.76. The summed E-state index contributed by atoms with van der Waals surface area (Å²) in [5, 5.41) is 2.89. The molecule has 1 aliphatic carbocycles. The van der Waals surface area contributed by atoms with E-state index in [1.54, 1.807) is 13.0 Å². The number of amides is 1. The number of nitrogens with one attached hydrogen (secondary N) is 1. The summed E-state index contributed by atoms with van der Waals surface area (Å²) in [4.78, 5) is 12.3. The van der Waals surface area contributed by atoms with E-state index in [1.807, 2.05) is 0 Å². The molecule has 0 heterocycles. The van der Waals surface area contributed by atoms with Crippen molar-refractivity contribution in [3.8, 4) is 0 Å². The Kier molecular flexibility index (Phi) is 4.71. The molecule has 0 aromatic heterocycles. The highest BCUT2D eigenvalue weighted by molar-refractivity contribution is 9.10. The number of rotatable bonds is 4. The Morgan fingerprint density at radius 2 is 2.05 bits per heavy atom. The summed E-state index contributed by atoms with van der Waals surface area (Å²) in [7, 11) is 1.53. The Balaban J connectivity index is 2.26. The number of halogens is 2. The van der Waals surface area contributed by atoms with E-state index in [0.717, 1.165) is 12.8 Å². The zero-order valence-corrected chi connectivity index (χ0v) is 15.0. The molecule has 7 heteroatoms. The van der Waals surface area contributed by atoms with Crippen molar-refractivity contribution in [1.82, 2.24) is 5.32 Å². The summed E-state index contributed by atoms with van der Waals surface area (Å²) in [5.41, 5.74) is 0.854. The lowest BCUT2D eigenvalue weighted by atomic mass is 9.70. The molecule has 0 bridgehead atoms. The molecule has 0 saturated heterocycles. The van der Waals surface area contributed by atoms with Gasteiger partial charge in [-0.05, 0) is 42.9 Å². The minimum atomic E-state index is -3.89. The Morgan fingerprint density at radius 1 is 1.43 bits per heavy atom. The Bertz CT molecular complexity index is 684. The molecule has 2 rings (SSSR count). The average molecular weight is 395 g/mol. The second-order valence-electron chi connectivity index (χ2n) is 5.86. The standard InChI is InChI=1S/C14H17BrClNO3S/c1-9-11(6-10(15)7-12(9)21(16,19)20)13(18)17-8-14(2)4-3-5-14/h6-7H,3-5,8H2,1-2H3,(H,17,18). The molecule has 0 spiro atoms. The summed E-state index contributed by atoms with van der Waals surface area (Å²) in [6.45, 7) is 4.32. The number of hydrogen-bond donors (Lipinski definition) is 1. The molecule has 0 unspecified atom stereocenters. The van der Waals surface area contributed by atoms with Crippen LogP contribution in [0.25, 0.3) is 0 Å². The van der Waals surface area contributed by atoms with Gasteiger partial charge in [-0.1, -0.05) is 29.3 Å². The SMILES string of the molecule is Cc1c(C(=O)NCC2(C)CCC2)cc(Br)cc1S(=O)(=O)Cl. The molecule has 1 amide bonds. The van der Waals surface area contributed by atoms with Crippen molar-refractivity contribution < 1.29 is 13.2 Å². The van der Waals surface area contributed by atoms with Crippen LogP contribution in [0.15, 0.2) is 21.5 Å². The number of benzene rings is 1. The minimum absolute atomic E-state index is 0.0430. The predicted molar refractivity (Wildman–Crippen MR) is 86.2 cm³/mol. The van der Waals surface area contributed by atoms with Crippen molar-refractivity contribution in [2.75, 3.05) is 6.54 Å². The average Bonchev–Trinajstić information content (AvgIpc) is 2.34. The van der Waals surface area contributed by atoms with Crippen LogP contribution in [0.4, 0.5) is 0 Å². The maximum atomic E-state index is 12.3. The molecular weight excluding hydrogens is 378 g/mol. The van der Waals surface area contributed by atoms with E-state index in [-0.39, 0.29) is 16.2 Å². The van der Waals surface area contributed by atoms with Crippen molar-refractivity contribution in [3.05, 3.63) is 27.7 Å². The molecule has 0 atom stereocenters. The second-order valence-corrected chi connectivity index (χ2v) is 9.31. The maximum absolute atomic E-state index is 12.3. The van der Waals surface area contributed by atoms with Crippen molar-refractivity contribution >= 4 is 41.6 Å². The summed E-state index contributed by atoms with van der Waals surface area (Å²) < 4.78 is 23.6. The quantitative estimate of drug-likeness (QED) is 0.794. The largest absolute Gasteiger partial charge is 0.351 e. The van der Waals surface area contributed by atoms with Crippen LogP contribution in [-0.2, 0) is 9.05 Å². The van der Waals surface area contributed by atoms with Gasteiger partial charge in [0.2, 0.25) is 0 Å². The van der Waals surface area contributed by atoms with Gasteiger partial charge in [0.1, 0.15) is 0 Å². The molecular formula is C14H17BrClNO3S. The predicted octanol–water partition coefficient (Wildman–Crippen LogP) is 3.61. The van der Waals surface area contributed by atoms with E-state index < -0.39 is 9.05 Å². The van der Waals surface area contributed by atoms with E-state index in [0.29, 0.717) is 22.1 Å². The van der Waals surface area contributed by atoms with Gasteiger partial charge >= 0.3 is 0 Å². The van der Waals surface area contributed by atoms with Gasteiger partial charge in [-0.3, -0.25) is 4.79 Å². The fourth-order valence-electron chi connectivity index (χ4n) is 2.49. The van der Waals surface area contributed by atoms with Crippen molar-refractivity contribution in [2.45, 2.75) is 38.0 Å². The first kappa shape index (κ1) is 16.8. The summed E-state index contributed by atoms with van der Waals surface area (Å²) in [5.74, 6) is -0.275. The normalized spacial score (nSPS) is 17.1. The lowest BCUT2D eigenvalue weighted by molar-refractivity contribution is 0.0890. The van der Waals surface area contributed by atoms with Gasteiger partial charge in [-0.15, -0.1) is 0 Å². The third-order valence-electron chi connectivity index (χ3n) is 4.07. The van der Waals surface area contributed by atoms with Gasteiger partial charge in [0.15, 0.2) is 0 Å². The summed E-state index contributed by atoms with van der Waals surface area (Å²) in [6.07, 6.45) is 3.40. The molecule has 1 aromatic rings. The summed E-state index contributed by atoms with van der Waals surface area (Å²) in [6, 6.07) is 3.01. The molecule has 1 aliphatic rings. The van der Waals surface area contributed by atoms with Gasteiger partial charge in [0.05, 0.1) is 4.90 Å². The topological polar surface area (TPSA) is 63.2 Å². The van der Waals surface area contributed by atoms with Crippen molar-refractivity contribution in [3.63, 3.8) is 0 Å². The van der Waals surface area contributed by atoms with Crippen LogP contribution in [0.2, 0.25) is 0 Å². The van der Waals surface area contributed by atoms with Crippen LogP contribution < -0.4 is 5.32 Å². The molecule has 0 radical (unpaired) electrons. The van der Waals surface area contributed by atoms with Crippen LogP contribution in [0.1, 0.15) is 42.1 Å². The third kappa shape index (κ3) is 3.79. The van der Waals surface area contributed by atoms with E-state index in [1.165, 1.54) is 12.5 Å². The minimum Gasteiger partial charge on any atom is -0.351 e. The van der Waals surface area contributed by atoms with E-state index in [2.05, 4.69) is 28.2 Å². The van der Waals surface area contributed by atoms with Gasteiger partial charge in [0, 0.05) is 27.3 Å². The first-order valence-electron chi connectivity index (χ1n) is 6.65. The number of hydrogen-bond acceptors (Lipinski definition) is 3. The van der Waals surface area contributed by atoms with E-state index in [4.69, 9.17) is 10.7 Å². The smallest absolute Gasteiger partial charge is 0.261 e. The van der Waals surface area contributed by atoms with Gasteiger partial charge in [0.25, 0.3) is 15.0 Å². The number of carbonyl (C=O) groups is 1. The Morgan fingerprint density at radius 3 is 2.52 bits per heavy atom. The maximum Gasteiger partial charge on any atom is 0.261 e. The highest BCUT2D eigenvalue weighted by Gasteiger charge is 2.32. The molecule has 1 N–H and O–H groups in total. The fraction of sp³-hybridized carbons (Fsp3) is 0.500. The Hall–Kier alpha value is -0.590. The molecule has 4 nitrogen and oxygen atoms in total. The first-order chi connectivity index (χ1) is 9.62. The summed E-state index contributed by atoms with van der Waals surface area (Å²) >= 11 is 3.22. The molecule has 21 heavy (non-hydrogen) atoms. The van der Waals surface area contributed by atoms with E-state index in [9.17, 15) is 13.2 Å². The van der Waals surface area contributed by atoms with E-state index >= 15 is 0 Å². The third-order valence-corrected chi connectivity index (χ3v) is 5.97. The van der Waals surface area contributed by atoms with Gasteiger partial charge < -0.3 is 5.32 Å². The molecule has 0 aliphatic heterocycles. The zero-order valence-electron chi connectivity index (χ0n) is 11.9. The number of carbonyl (C=O) groups excluding carboxylic acids is 1. The zero-order chi connectivity index (χ0) is 15.8. The monoisotopic (exact) mass is 393 g/mol. The lowest BCUT2D eigenvalue weighted by Crippen LogP contribution is -2.40. The Labute approximate surface area is 137 Å². The van der Waals surface area contributed by atoms with Crippen LogP contribution in [0.3, 0.4) is 0 Å². The molecule has 116 valence electrons. The highest BCUT2D eigenvalue weighted by Crippen LogP contribution is 2.39. The van der Waals surface area contributed by atoms with Crippen LogP contribution in [-0.4, -0.2) is 20.9 Å². The highest BCUT2D eigenvalue weighted by atomic mass is 79.9. The van der Waals surface area contributed by atoms with Crippen molar-refractivity contribution in [2.24, 2.45) is 5.41 Å². The second kappa shape index (κ2) is 5.89. The van der Waals surface area contributed by atoms with Gasteiger partial charge in [-0.25, -0.2) is 8.42 Å². The van der Waals surface area contributed by atoms with Crippen LogP contribution in [0.5, 0.6) is 0 Å². The van der Waals surface area contributed by atoms with Crippen molar-refractivity contribution in [1.29, 1.82) is 0 Å².